The van der Waals surface area contributed by atoms with Crippen LogP contribution in [0.5, 0.6) is 0 Å². The van der Waals surface area contributed by atoms with E-state index in [-0.39, 0.29) is 12.8 Å². The van der Waals surface area contributed by atoms with E-state index < -0.39 is 32.5 Å². The molecule has 0 radical (unpaired) electrons. The molecule has 0 aromatic heterocycles. The molecule has 128 valence electrons. The highest BCUT2D eigenvalue weighted by molar-refractivity contribution is 7.92. The third-order valence-electron chi connectivity index (χ3n) is 3.84. The molecule has 1 aromatic rings. The molecule has 1 rings (SSSR count). The normalized spacial score (nSPS) is 13.3. The van der Waals surface area contributed by atoms with Gasteiger partial charge in [-0.15, -0.1) is 0 Å². The van der Waals surface area contributed by atoms with Crippen LogP contribution in [0.25, 0.3) is 0 Å². The lowest BCUT2D eigenvalue weighted by molar-refractivity contribution is -0.137. The van der Waals surface area contributed by atoms with Crippen LogP contribution in [0.15, 0.2) is 30.3 Å². The first-order valence-electron chi connectivity index (χ1n) is 7.30. The van der Waals surface area contributed by atoms with Gasteiger partial charge in [-0.3, -0.25) is 9.59 Å². The molecule has 23 heavy (non-hydrogen) atoms. The van der Waals surface area contributed by atoms with Crippen molar-refractivity contribution < 1.29 is 23.1 Å². The predicted molar refractivity (Wildman–Crippen MR) is 87.9 cm³/mol. The van der Waals surface area contributed by atoms with Crippen LogP contribution in [-0.4, -0.2) is 42.4 Å². The maximum atomic E-state index is 12.3. The summed E-state index contributed by atoms with van der Waals surface area (Å²) >= 11 is 0. The Morgan fingerprint density at radius 1 is 1.22 bits per heavy atom. The highest BCUT2D eigenvalue weighted by Gasteiger charge is 2.39. The minimum Gasteiger partial charge on any atom is -0.481 e. The smallest absolute Gasteiger partial charge is 0.303 e. The molecule has 1 aromatic carbocycles. The van der Waals surface area contributed by atoms with Crippen molar-refractivity contribution >= 4 is 21.7 Å². The lowest BCUT2D eigenvalue weighted by atomic mass is 10.0. The largest absolute Gasteiger partial charge is 0.481 e. The van der Waals surface area contributed by atoms with E-state index in [1.165, 1.54) is 13.8 Å². The molecule has 0 spiro atoms. The van der Waals surface area contributed by atoms with Gasteiger partial charge in [0.15, 0.2) is 9.84 Å². The minimum absolute atomic E-state index is 0.100. The summed E-state index contributed by atoms with van der Waals surface area (Å²) in [6, 6.07) is 8.88. The number of carbonyl (C=O) groups excluding carboxylic acids is 1. The van der Waals surface area contributed by atoms with Gasteiger partial charge in [0.25, 0.3) is 0 Å². The van der Waals surface area contributed by atoms with Gasteiger partial charge in [-0.1, -0.05) is 30.3 Å². The second-order valence-corrected chi connectivity index (χ2v) is 8.64. The molecule has 0 heterocycles. The third-order valence-corrected chi connectivity index (χ3v) is 5.88. The Hall–Kier alpha value is -1.89. The van der Waals surface area contributed by atoms with E-state index in [0.717, 1.165) is 11.8 Å². The first kappa shape index (κ1) is 19.2. The summed E-state index contributed by atoms with van der Waals surface area (Å²) in [5, 5.41) is 11.5. The highest BCUT2D eigenvalue weighted by Crippen LogP contribution is 2.17. The zero-order chi connectivity index (χ0) is 17.7. The third kappa shape index (κ3) is 5.67. The monoisotopic (exact) mass is 341 g/mol. The molecule has 1 atom stereocenters. The quantitative estimate of drug-likeness (QED) is 0.744. The van der Waals surface area contributed by atoms with Crippen LogP contribution in [-0.2, 0) is 25.8 Å². The number of hydrogen-bond donors (Lipinski definition) is 2. The second-order valence-electron chi connectivity index (χ2n) is 6.07. The second kappa shape index (κ2) is 7.59. The van der Waals surface area contributed by atoms with E-state index in [4.69, 9.17) is 5.11 Å². The first-order chi connectivity index (χ1) is 10.5. The molecule has 0 fully saturated rings. The van der Waals surface area contributed by atoms with Gasteiger partial charge in [-0.25, -0.2) is 8.42 Å². The van der Waals surface area contributed by atoms with Crippen LogP contribution in [0, 0.1) is 0 Å². The average molecular weight is 341 g/mol. The molecule has 0 aliphatic rings. The summed E-state index contributed by atoms with van der Waals surface area (Å²) < 4.78 is 21.9. The Bertz CT molecular complexity index is 652. The van der Waals surface area contributed by atoms with Crippen molar-refractivity contribution in [1.29, 1.82) is 0 Å². The van der Waals surface area contributed by atoms with Gasteiger partial charge in [0.1, 0.15) is 4.75 Å². The van der Waals surface area contributed by atoms with Crippen LogP contribution in [0.2, 0.25) is 0 Å². The molecule has 1 amide bonds. The van der Waals surface area contributed by atoms with E-state index in [9.17, 15) is 18.0 Å². The molecular formula is C16H23NO5S. The standard InChI is InChI=1S/C16H23NO5S/c1-16(2,23(3,21)22)15(20)17-13(9-10-14(18)19)11-12-7-5-4-6-8-12/h4-8,13H,9-11H2,1-3H3,(H,17,20)(H,18,19). The lowest BCUT2D eigenvalue weighted by Gasteiger charge is -2.26. The van der Waals surface area contributed by atoms with Gasteiger partial charge in [0.2, 0.25) is 5.91 Å². The number of aliphatic carboxylic acids is 1. The van der Waals surface area contributed by atoms with Crippen LogP contribution in [0.1, 0.15) is 32.3 Å². The number of sulfone groups is 1. The average Bonchev–Trinajstić information content (AvgIpc) is 2.44. The number of amides is 1. The fourth-order valence-corrected chi connectivity index (χ4v) is 2.34. The summed E-state index contributed by atoms with van der Waals surface area (Å²) in [5.74, 6) is -1.58. The minimum atomic E-state index is -3.58. The van der Waals surface area contributed by atoms with Crippen molar-refractivity contribution in [2.24, 2.45) is 0 Å². The number of benzene rings is 1. The van der Waals surface area contributed by atoms with Gasteiger partial charge in [0, 0.05) is 18.7 Å². The molecule has 0 saturated heterocycles. The Balaban J connectivity index is 2.88. The fraction of sp³-hybridized carbons (Fsp3) is 0.500. The van der Waals surface area contributed by atoms with Crippen LogP contribution in [0.4, 0.5) is 0 Å². The van der Waals surface area contributed by atoms with Crippen molar-refractivity contribution in [2.75, 3.05) is 6.26 Å². The number of carboxylic acids is 1. The molecular weight excluding hydrogens is 318 g/mol. The number of carboxylic acid groups (broad SMARTS) is 1. The van der Waals surface area contributed by atoms with E-state index in [1.807, 2.05) is 30.3 Å². The number of rotatable bonds is 8. The van der Waals surface area contributed by atoms with Crippen molar-refractivity contribution in [3.63, 3.8) is 0 Å². The van der Waals surface area contributed by atoms with Gasteiger partial charge >= 0.3 is 5.97 Å². The summed E-state index contributed by atoms with van der Waals surface area (Å²) in [5.41, 5.74) is 0.945. The first-order valence-corrected chi connectivity index (χ1v) is 9.19. The summed E-state index contributed by atoms with van der Waals surface area (Å²) in [4.78, 5) is 23.1. The predicted octanol–water partition coefficient (Wildman–Crippen LogP) is 1.40. The maximum Gasteiger partial charge on any atom is 0.303 e. The van der Waals surface area contributed by atoms with E-state index in [0.29, 0.717) is 6.42 Å². The molecule has 6 nitrogen and oxygen atoms in total. The van der Waals surface area contributed by atoms with Crippen molar-refractivity contribution in [2.45, 2.75) is 43.9 Å². The fourth-order valence-electron chi connectivity index (χ4n) is 1.95. The van der Waals surface area contributed by atoms with Crippen molar-refractivity contribution in [3.8, 4) is 0 Å². The highest BCUT2D eigenvalue weighted by atomic mass is 32.2. The molecule has 2 N–H and O–H groups in total. The Morgan fingerprint density at radius 2 is 1.78 bits per heavy atom. The van der Waals surface area contributed by atoms with E-state index >= 15 is 0 Å². The van der Waals surface area contributed by atoms with Gasteiger partial charge in [-0.05, 0) is 32.3 Å². The van der Waals surface area contributed by atoms with Gasteiger partial charge in [-0.2, -0.15) is 0 Å². The molecule has 0 aliphatic carbocycles. The zero-order valence-corrected chi connectivity index (χ0v) is 14.4. The summed E-state index contributed by atoms with van der Waals surface area (Å²) in [7, 11) is -3.58. The molecule has 0 aliphatic heterocycles. The zero-order valence-electron chi connectivity index (χ0n) is 13.6. The molecule has 1 unspecified atom stereocenters. The lowest BCUT2D eigenvalue weighted by Crippen LogP contribution is -2.51. The molecule has 0 saturated carbocycles. The van der Waals surface area contributed by atoms with Crippen LogP contribution in [0.3, 0.4) is 0 Å². The van der Waals surface area contributed by atoms with Gasteiger partial charge < -0.3 is 10.4 Å². The Kier molecular flexibility index (Phi) is 6.32. The summed E-state index contributed by atoms with van der Waals surface area (Å²) in [6.07, 6.45) is 1.59. The van der Waals surface area contributed by atoms with Crippen molar-refractivity contribution in [3.05, 3.63) is 35.9 Å². The molecule has 7 heteroatoms. The van der Waals surface area contributed by atoms with Crippen molar-refractivity contribution in [1.82, 2.24) is 5.32 Å². The topological polar surface area (TPSA) is 101 Å². The SMILES string of the molecule is CC(C)(C(=O)NC(CCC(=O)O)Cc1ccccc1)S(C)(=O)=O. The number of hydrogen-bond acceptors (Lipinski definition) is 4. The molecule has 0 bridgehead atoms. The maximum absolute atomic E-state index is 12.3. The Labute approximate surface area is 136 Å². The Morgan fingerprint density at radius 3 is 2.26 bits per heavy atom. The number of carbonyl (C=O) groups is 2. The van der Waals surface area contributed by atoms with Gasteiger partial charge in [0.05, 0.1) is 0 Å². The summed E-state index contributed by atoms with van der Waals surface area (Å²) in [6.45, 7) is 2.68. The van der Waals surface area contributed by atoms with Crippen LogP contribution >= 0.6 is 0 Å². The van der Waals surface area contributed by atoms with Crippen LogP contribution < -0.4 is 5.32 Å². The van der Waals surface area contributed by atoms with E-state index in [1.54, 1.807) is 0 Å². The number of nitrogens with one attached hydrogen (secondary N) is 1. The van der Waals surface area contributed by atoms with E-state index in [2.05, 4.69) is 5.32 Å².